The first kappa shape index (κ1) is 23.2. The van der Waals surface area contributed by atoms with Crippen LogP contribution in [0, 0.1) is 0 Å². The highest BCUT2D eigenvalue weighted by Gasteiger charge is 2.38. The van der Waals surface area contributed by atoms with Crippen molar-refractivity contribution < 1.29 is 18.8 Å². The zero-order chi connectivity index (χ0) is 23.3. The number of aromatic nitrogens is 2. The highest BCUT2D eigenvalue weighted by molar-refractivity contribution is 8.17. The fourth-order valence-electron chi connectivity index (χ4n) is 4.38. The lowest BCUT2D eigenvalue weighted by Crippen LogP contribution is -2.57. The molecule has 0 saturated carbocycles. The second-order valence-electron chi connectivity index (χ2n) is 9.26. The number of hydrogen-bond acceptors (Lipinski definition) is 7. The van der Waals surface area contributed by atoms with Gasteiger partial charge in [0.1, 0.15) is 14.8 Å². The van der Waals surface area contributed by atoms with E-state index in [2.05, 4.69) is 15.0 Å². The predicted molar refractivity (Wildman–Crippen MR) is 125 cm³/mol. The van der Waals surface area contributed by atoms with Gasteiger partial charge >= 0.3 is 6.03 Å². The molecular formula is C21H31N5O4S2. The lowest BCUT2D eigenvalue weighted by Gasteiger charge is -2.34. The van der Waals surface area contributed by atoms with E-state index in [1.165, 1.54) is 13.4 Å². The number of nitrogens with two attached hydrogens (primary N) is 1. The first-order valence-electron chi connectivity index (χ1n) is 10.7. The quantitative estimate of drug-likeness (QED) is 0.499. The number of anilines is 1. The van der Waals surface area contributed by atoms with E-state index in [1.807, 2.05) is 0 Å². The van der Waals surface area contributed by atoms with Crippen molar-refractivity contribution in [2.45, 2.75) is 68.8 Å². The molecular weight excluding hydrogens is 450 g/mol. The van der Waals surface area contributed by atoms with E-state index < -0.39 is 21.1 Å². The normalized spacial score (nSPS) is 16.9. The van der Waals surface area contributed by atoms with Crippen molar-refractivity contribution in [3.8, 4) is 0 Å². The highest BCUT2D eigenvalue weighted by Crippen LogP contribution is 2.39. The number of rotatable bonds is 6. The molecule has 0 atom stereocenters. The minimum atomic E-state index is -4.35. The topological polar surface area (TPSA) is 139 Å². The molecule has 2 heterocycles. The number of pyridine rings is 1. The van der Waals surface area contributed by atoms with Gasteiger partial charge in [-0.2, -0.15) is 0 Å². The SMILES string of the molecule is COCc1nc(C(C)(C)O)sc1S(C)(N)(=O)NC(=O)Nc1c2c(nc3c1CCC3)CCC2. The third-order valence-corrected chi connectivity index (χ3v) is 10.3. The molecule has 2 amide bonds. The number of fused-ring (bicyclic) bond motifs is 2. The number of thiazole rings is 1. The van der Waals surface area contributed by atoms with Gasteiger partial charge < -0.3 is 15.2 Å². The van der Waals surface area contributed by atoms with Crippen LogP contribution in [0.4, 0.5) is 10.5 Å². The summed E-state index contributed by atoms with van der Waals surface area (Å²) in [5.74, 6) is 0. The van der Waals surface area contributed by atoms with Crippen molar-refractivity contribution in [3.05, 3.63) is 33.2 Å². The number of carbonyl (C=O) groups is 1. The van der Waals surface area contributed by atoms with Gasteiger partial charge in [0.05, 0.1) is 18.0 Å². The van der Waals surface area contributed by atoms with Crippen molar-refractivity contribution in [3.63, 3.8) is 0 Å². The van der Waals surface area contributed by atoms with Gasteiger partial charge in [-0.25, -0.2) is 14.0 Å². The molecule has 176 valence electrons. The molecule has 0 spiro atoms. The van der Waals surface area contributed by atoms with E-state index in [0.717, 1.165) is 78.1 Å². The molecule has 0 saturated heterocycles. The maximum absolute atomic E-state index is 13.9. The number of urea groups is 1. The van der Waals surface area contributed by atoms with Gasteiger partial charge in [0.15, 0.2) is 0 Å². The monoisotopic (exact) mass is 481 g/mol. The molecule has 2 aromatic rings. The summed E-state index contributed by atoms with van der Waals surface area (Å²) in [4.78, 5) is 22.3. The zero-order valence-corrected chi connectivity index (χ0v) is 20.5. The van der Waals surface area contributed by atoms with Crippen LogP contribution >= 0.6 is 11.3 Å². The Bertz CT molecular complexity index is 1110. The summed E-state index contributed by atoms with van der Waals surface area (Å²) in [7, 11) is -2.86. The molecule has 2 aromatic heterocycles. The number of carbonyl (C=O) groups excluding carboxylic acids is 1. The molecule has 0 aromatic carbocycles. The Morgan fingerprint density at radius 2 is 1.78 bits per heavy atom. The van der Waals surface area contributed by atoms with Crippen LogP contribution in [0.25, 0.3) is 0 Å². The number of amides is 2. The van der Waals surface area contributed by atoms with E-state index >= 15 is 0 Å². The van der Waals surface area contributed by atoms with Gasteiger partial charge in [-0.05, 0) is 63.5 Å². The number of nitrogens with one attached hydrogen (secondary N) is 2. The van der Waals surface area contributed by atoms with Crippen molar-refractivity contribution in [1.82, 2.24) is 14.7 Å². The second kappa shape index (κ2) is 7.84. The van der Waals surface area contributed by atoms with Crippen LogP contribution in [0.2, 0.25) is 0 Å². The molecule has 2 aliphatic rings. The van der Waals surface area contributed by atoms with Crippen LogP contribution in [-0.2, 0) is 52.1 Å². The number of nitrogens with zero attached hydrogens (tertiary/aromatic N) is 2. The van der Waals surface area contributed by atoms with E-state index in [4.69, 9.17) is 14.9 Å². The standard InChI is InChI=1S/C21H31N5O4S2/c1-21(2,28)19-24-16(11-30-3)18(31-19)32(4,22,29)26-20(27)25-17-12-7-5-9-14(12)23-15-10-6-8-13(15)17/h28H,5-11H2,1-4H3,(H4,22,23,25,26,27,29). The molecule has 9 nitrogen and oxygen atoms in total. The second-order valence-corrected chi connectivity index (χ2v) is 13.9. The lowest BCUT2D eigenvalue weighted by molar-refractivity contribution is 0.0776. The Morgan fingerprint density at radius 1 is 1.19 bits per heavy atom. The molecule has 5 N–H and O–H groups in total. The lowest BCUT2D eigenvalue weighted by atomic mass is 10.1. The van der Waals surface area contributed by atoms with E-state index in [0.29, 0.717) is 10.7 Å². The summed E-state index contributed by atoms with van der Waals surface area (Å²) >= 11 is 1.02. The number of aryl methyl sites for hydroxylation is 2. The third kappa shape index (κ3) is 4.32. The molecule has 32 heavy (non-hydrogen) atoms. The number of ether oxygens (including phenoxy) is 1. The van der Waals surface area contributed by atoms with Gasteiger partial charge in [0.25, 0.3) is 0 Å². The largest absolute Gasteiger partial charge is 0.383 e. The van der Waals surface area contributed by atoms with Crippen molar-refractivity contribution in [2.24, 2.45) is 5.14 Å². The van der Waals surface area contributed by atoms with Crippen molar-refractivity contribution in [2.75, 3.05) is 18.7 Å². The first-order valence-corrected chi connectivity index (χ1v) is 13.9. The molecule has 11 heteroatoms. The van der Waals surface area contributed by atoms with Crippen LogP contribution in [0.15, 0.2) is 4.21 Å². The predicted octanol–water partition coefficient (Wildman–Crippen LogP) is 2.31. The number of hydrogen-bond donors (Lipinski definition) is 4. The third-order valence-electron chi connectivity index (χ3n) is 5.76. The molecule has 0 fully saturated rings. The van der Waals surface area contributed by atoms with Gasteiger partial charge in [0, 0.05) is 34.2 Å². The highest BCUT2D eigenvalue weighted by atomic mass is 32.3. The summed E-state index contributed by atoms with van der Waals surface area (Å²) in [6.07, 6.45) is 6.86. The number of aliphatic hydroxyl groups is 1. The maximum atomic E-state index is 13.9. The molecule has 0 radical (unpaired) electrons. The first-order chi connectivity index (χ1) is 14.9. The Morgan fingerprint density at radius 3 is 2.31 bits per heavy atom. The molecule has 0 bridgehead atoms. The van der Waals surface area contributed by atoms with Gasteiger partial charge in [-0.15, -0.1) is 11.3 Å². The fraction of sp³-hybridized carbons (Fsp3) is 0.571. The summed E-state index contributed by atoms with van der Waals surface area (Å²) < 4.78 is 21.8. The van der Waals surface area contributed by atoms with Crippen LogP contribution < -0.4 is 15.2 Å². The summed E-state index contributed by atoms with van der Waals surface area (Å²) in [6.45, 7) is 3.22. The van der Waals surface area contributed by atoms with Crippen LogP contribution in [0.5, 0.6) is 0 Å². The van der Waals surface area contributed by atoms with Crippen LogP contribution in [0.3, 0.4) is 0 Å². The zero-order valence-electron chi connectivity index (χ0n) is 18.9. The van der Waals surface area contributed by atoms with Crippen LogP contribution in [-0.4, -0.2) is 38.7 Å². The number of methoxy groups -OCH3 is 1. The Balaban J connectivity index is 1.66. The average molecular weight is 482 g/mol. The van der Waals surface area contributed by atoms with Crippen molar-refractivity contribution in [1.29, 1.82) is 0 Å². The van der Waals surface area contributed by atoms with E-state index in [1.54, 1.807) is 13.8 Å². The summed E-state index contributed by atoms with van der Waals surface area (Å²) in [5, 5.41) is 20.0. The van der Waals surface area contributed by atoms with Crippen molar-refractivity contribution >= 4 is 32.5 Å². The summed E-state index contributed by atoms with van der Waals surface area (Å²) in [6, 6.07) is -0.636. The smallest absolute Gasteiger partial charge is 0.330 e. The van der Waals surface area contributed by atoms with E-state index in [-0.39, 0.29) is 10.8 Å². The van der Waals surface area contributed by atoms with Gasteiger partial charge in [-0.3, -0.25) is 14.8 Å². The Labute approximate surface area is 191 Å². The van der Waals surface area contributed by atoms with E-state index in [9.17, 15) is 14.1 Å². The summed E-state index contributed by atoms with van der Waals surface area (Å²) in [5.41, 5.74) is 4.10. The average Bonchev–Trinajstić information content (AvgIpc) is 3.38. The molecule has 4 rings (SSSR count). The van der Waals surface area contributed by atoms with Gasteiger partial charge in [-0.1, -0.05) is 0 Å². The Hall–Kier alpha value is -1.92. The fourth-order valence-corrected chi connectivity index (χ4v) is 7.67. The minimum absolute atomic E-state index is 0.0517. The molecule has 0 unspecified atom stereocenters. The minimum Gasteiger partial charge on any atom is -0.383 e. The Kier molecular flexibility index (Phi) is 5.70. The van der Waals surface area contributed by atoms with Crippen LogP contribution in [0.1, 0.15) is 59.9 Å². The van der Waals surface area contributed by atoms with Gasteiger partial charge in [0.2, 0.25) is 0 Å². The maximum Gasteiger partial charge on any atom is 0.330 e. The molecule has 2 aliphatic carbocycles. The molecule has 0 aliphatic heterocycles.